The van der Waals surface area contributed by atoms with Crippen molar-refractivity contribution >= 4 is 0 Å². The van der Waals surface area contributed by atoms with Crippen LogP contribution in [0.2, 0.25) is 0 Å². The van der Waals surface area contributed by atoms with Crippen molar-refractivity contribution in [2.24, 2.45) is 5.73 Å². The molecule has 1 aliphatic rings. The van der Waals surface area contributed by atoms with Crippen LogP contribution in [0.25, 0.3) is 0 Å². The number of nitrogens with two attached hydrogens (primary N) is 1. The van der Waals surface area contributed by atoms with Crippen molar-refractivity contribution in [2.75, 3.05) is 19.6 Å². The standard InChI is InChI=1S/C7H16N2O/c1-6(10)4-9-3-2-7(8)5-9/h6-7,10H,2-5,8H2,1H3/t6?,7-/m1/s1. The summed E-state index contributed by atoms with van der Waals surface area (Å²) in [4.78, 5) is 2.20. The first-order valence-corrected chi connectivity index (χ1v) is 3.84. The van der Waals surface area contributed by atoms with E-state index in [1.165, 1.54) is 0 Å². The molecule has 0 aromatic heterocycles. The van der Waals surface area contributed by atoms with E-state index < -0.39 is 0 Å². The lowest BCUT2D eigenvalue weighted by Crippen LogP contribution is -2.31. The van der Waals surface area contributed by atoms with Crippen LogP contribution >= 0.6 is 0 Å². The minimum absolute atomic E-state index is 0.217. The van der Waals surface area contributed by atoms with Gasteiger partial charge in [-0.15, -0.1) is 0 Å². The number of aliphatic hydroxyl groups excluding tert-OH is 1. The number of β-amino-alcohol motifs (C(OH)–C–C–N with tert-alkyl or cyclic N) is 1. The fraction of sp³-hybridized carbons (Fsp3) is 1.00. The Balaban J connectivity index is 2.18. The van der Waals surface area contributed by atoms with Crippen LogP contribution in [0.15, 0.2) is 0 Å². The molecule has 3 N–H and O–H groups in total. The predicted octanol–water partition coefficient (Wildman–Crippen LogP) is -0.600. The fourth-order valence-corrected chi connectivity index (χ4v) is 1.40. The Bertz CT molecular complexity index is 106. The highest BCUT2D eigenvalue weighted by atomic mass is 16.3. The van der Waals surface area contributed by atoms with Gasteiger partial charge < -0.3 is 10.8 Å². The number of hydrogen-bond acceptors (Lipinski definition) is 3. The maximum atomic E-state index is 9.02. The SMILES string of the molecule is CC(O)CN1CC[C@@H](N)C1. The molecule has 1 unspecified atom stereocenters. The molecule has 0 aromatic carbocycles. The molecule has 0 radical (unpaired) electrons. The van der Waals surface area contributed by atoms with Gasteiger partial charge in [0, 0.05) is 19.1 Å². The van der Waals surface area contributed by atoms with Gasteiger partial charge in [0.1, 0.15) is 0 Å². The van der Waals surface area contributed by atoms with Gasteiger partial charge in [0.05, 0.1) is 6.10 Å². The summed E-state index contributed by atoms with van der Waals surface area (Å²) in [5.41, 5.74) is 5.68. The number of likely N-dealkylation sites (tertiary alicyclic amines) is 1. The highest BCUT2D eigenvalue weighted by molar-refractivity contribution is 4.78. The molecule has 10 heavy (non-hydrogen) atoms. The highest BCUT2D eigenvalue weighted by Gasteiger charge is 2.19. The zero-order valence-electron chi connectivity index (χ0n) is 6.45. The van der Waals surface area contributed by atoms with Gasteiger partial charge in [0.2, 0.25) is 0 Å². The highest BCUT2D eigenvalue weighted by Crippen LogP contribution is 2.06. The molecule has 0 aromatic rings. The lowest BCUT2D eigenvalue weighted by Gasteiger charge is -2.16. The summed E-state index contributed by atoms with van der Waals surface area (Å²) < 4.78 is 0. The lowest BCUT2D eigenvalue weighted by molar-refractivity contribution is 0.140. The summed E-state index contributed by atoms with van der Waals surface area (Å²) in [7, 11) is 0. The average molecular weight is 144 g/mol. The van der Waals surface area contributed by atoms with E-state index in [4.69, 9.17) is 10.8 Å². The molecule has 1 rings (SSSR count). The largest absolute Gasteiger partial charge is 0.392 e. The molecular formula is C7H16N2O. The smallest absolute Gasteiger partial charge is 0.0639 e. The van der Waals surface area contributed by atoms with Crippen LogP contribution in [-0.4, -0.2) is 41.8 Å². The Morgan fingerprint density at radius 1 is 1.80 bits per heavy atom. The third-order valence-corrected chi connectivity index (χ3v) is 1.83. The number of rotatable bonds is 2. The topological polar surface area (TPSA) is 49.5 Å². The van der Waals surface area contributed by atoms with Crippen LogP contribution in [0.4, 0.5) is 0 Å². The van der Waals surface area contributed by atoms with E-state index in [9.17, 15) is 0 Å². The van der Waals surface area contributed by atoms with E-state index in [2.05, 4.69) is 4.90 Å². The second-order valence-electron chi connectivity index (χ2n) is 3.16. The first kappa shape index (κ1) is 7.98. The average Bonchev–Trinajstić information content (AvgIpc) is 2.13. The summed E-state index contributed by atoms with van der Waals surface area (Å²) >= 11 is 0. The maximum absolute atomic E-state index is 9.02. The van der Waals surface area contributed by atoms with Gasteiger partial charge >= 0.3 is 0 Å². The van der Waals surface area contributed by atoms with Gasteiger partial charge in [-0.25, -0.2) is 0 Å². The molecule has 0 aliphatic carbocycles. The van der Waals surface area contributed by atoms with Gasteiger partial charge in [-0.05, 0) is 19.9 Å². The van der Waals surface area contributed by atoms with Crippen molar-refractivity contribution in [3.63, 3.8) is 0 Å². The maximum Gasteiger partial charge on any atom is 0.0639 e. The van der Waals surface area contributed by atoms with E-state index in [-0.39, 0.29) is 6.10 Å². The Kier molecular flexibility index (Phi) is 2.65. The normalized spacial score (nSPS) is 30.9. The number of aliphatic hydroxyl groups is 1. The first-order chi connectivity index (χ1) is 4.68. The van der Waals surface area contributed by atoms with Gasteiger partial charge in [0.25, 0.3) is 0 Å². The van der Waals surface area contributed by atoms with Gasteiger partial charge in [-0.2, -0.15) is 0 Å². The van der Waals surface area contributed by atoms with Crippen molar-refractivity contribution in [3.05, 3.63) is 0 Å². The Morgan fingerprint density at radius 3 is 2.90 bits per heavy atom. The van der Waals surface area contributed by atoms with Crippen LogP contribution in [0.3, 0.4) is 0 Å². The van der Waals surface area contributed by atoms with Gasteiger partial charge in [-0.1, -0.05) is 0 Å². The van der Waals surface area contributed by atoms with Gasteiger partial charge in [-0.3, -0.25) is 4.90 Å². The molecule has 2 atom stereocenters. The van der Waals surface area contributed by atoms with E-state index in [0.29, 0.717) is 6.04 Å². The van der Waals surface area contributed by atoms with Crippen molar-refractivity contribution < 1.29 is 5.11 Å². The predicted molar refractivity (Wildman–Crippen MR) is 40.7 cm³/mol. The third kappa shape index (κ3) is 2.25. The van der Waals surface area contributed by atoms with E-state index in [0.717, 1.165) is 26.1 Å². The molecule has 3 nitrogen and oxygen atoms in total. The number of nitrogens with zero attached hydrogens (tertiary/aromatic N) is 1. The van der Waals surface area contributed by atoms with Gasteiger partial charge in [0.15, 0.2) is 0 Å². The third-order valence-electron chi connectivity index (χ3n) is 1.83. The Morgan fingerprint density at radius 2 is 2.50 bits per heavy atom. The Labute approximate surface area is 61.8 Å². The fourth-order valence-electron chi connectivity index (χ4n) is 1.40. The molecular weight excluding hydrogens is 128 g/mol. The molecule has 0 saturated carbocycles. The summed E-state index contributed by atoms with van der Waals surface area (Å²) in [5.74, 6) is 0. The molecule has 3 heteroatoms. The minimum Gasteiger partial charge on any atom is -0.392 e. The molecule has 0 bridgehead atoms. The van der Waals surface area contributed by atoms with Crippen LogP contribution < -0.4 is 5.73 Å². The quantitative estimate of drug-likeness (QED) is 0.544. The second-order valence-corrected chi connectivity index (χ2v) is 3.16. The zero-order chi connectivity index (χ0) is 7.56. The molecule has 1 fully saturated rings. The molecule has 0 spiro atoms. The number of hydrogen-bond donors (Lipinski definition) is 2. The van der Waals surface area contributed by atoms with E-state index in [1.807, 2.05) is 6.92 Å². The van der Waals surface area contributed by atoms with Crippen LogP contribution in [-0.2, 0) is 0 Å². The van der Waals surface area contributed by atoms with Crippen molar-refractivity contribution in [3.8, 4) is 0 Å². The lowest BCUT2D eigenvalue weighted by atomic mass is 10.3. The summed E-state index contributed by atoms with van der Waals surface area (Å²) in [6, 6.07) is 0.332. The summed E-state index contributed by atoms with van der Waals surface area (Å²) in [5, 5.41) is 9.02. The minimum atomic E-state index is -0.217. The molecule has 60 valence electrons. The molecule has 1 saturated heterocycles. The monoisotopic (exact) mass is 144 g/mol. The van der Waals surface area contributed by atoms with E-state index in [1.54, 1.807) is 0 Å². The molecule has 0 amide bonds. The molecule has 1 aliphatic heterocycles. The Hall–Kier alpha value is -0.120. The second kappa shape index (κ2) is 3.32. The van der Waals surface area contributed by atoms with Crippen molar-refractivity contribution in [1.29, 1.82) is 0 Å². The summed E-state index contributed by atoms with van der Waals surface area (Å²) in [6.45, 7) is 4.58. The van der Waals surface area contributed by atoms with Crippen molar-refractivity contribution in [1.82, 2.24) is 4.90 Å². The van der Waals surface area contributed by atoms with E-state index >= 15 is 0 Å². The zero-order valence-corrected chi connectivity index (χ0v) is 6.45. The van der Waals surface area contributed by atoms with Crippen LogP contribution in [0.1, 0.15) is 13.3 Å². The van der Waals surface area contributed by atoms with Crippen molar-refractivity contribution in [2.45, 2.75) is 25.5 Å². The first-order valence-electron chi connectivity index (χ1n) is 3.84. The molecule has 1 heterocycles. The van der Waals surface area contributed by atoms with Crippen LogP contribution in [0, 0.1) is 0 Å². The summed E-state index contributed by atoms with van der Waals surface area (Å²) in [6.07, 6.45) is 0.859. The van der Waals surface area contributed by atoms with Crippen LogP contribution in [0.5, 0.6) is 0 Å².